The number of esters is 1. The van der Waals surface area contributed by atoms with E-state index >= 15 is 0 Å². The van der Waals surface area contributed by atoms with Crippen LogP contribution in [0.2, 0.25) is 0 Å². The topological polar surface area (TPSA) is 79.0 Å². The third-order valence-corrected chi connectivity index (χ3v) is 4.15. The lowest BCUT2D eigenvalue weighted by molar-refractivity contribution is 0.0601. The summed E-state index contributed by atoms with van der Waals surface area (Å²) < 4.78 is 4.87. The Morgan fingerprint density at radius 2 is 2.38 bits per heavy atom. The van der Waals surface area contributed by atoms with Crippen molar-refractivity contribution in [2.75, 3.05) is 25.5 Å². The molecule has 21 heavy (non-hydrogen) atoms. The average molecular weight is 288 g/mol. The molecule has 1 saturated heterocycles. The quantitative estimate of drug-likeness (QED) is 0.750. The van der Waals surface area contributed by atoms with Crippen LogP contribution in [0.15, 0.2) is 18.5 Å². The van der Waals surface area contributed by atoms with Gasteiger partial charge in [-0.1, -0.05) is 6.92 Å². The molecule has 0 unspecified atom stereocenters. The first-order chi connectivity index (χ1) is 10.2. The van der Waals surface area contributed by atoms with Gasteiger partial charge in [-0.3, -0.25) is 0 Å². The summed E-state index contributed by atoms with van der Waals surface area (Å²) in [4.78, 5) is 19.3. The summed E-state index contributed by atoms with van der Waals surface area (Å²) in [7, 11) is 1.39. The maximum absolute atomic E-state index is 12.0. The molecule has 3 heterocycles. The van der Waals surface area contributed by atoms with E-state index in [1.807, 2.05) is 12.3 Å². The highest BCUT2D eigenvalue weighted by atomic mass is 16.5. The normalized spacial score (nSPS) is 22.2. The number of rotatable bonds is 3. The number of carbonyl (C=O) groups excluding carboxylic acids is 1. The van der Waals surface area contributed by atoms with Crippen LogP contribution in [0.25, 0.3) is 11.0 Å². The number of H-pyrrole nitrogens is 1. The molecule has 0 saturated carbocycles. The van der Waals surface area contributed by atoms with Crippen LogP contribution in [0, 0.1) is 5.92 Å². The molecule has 0 aliphatic carbocycles. The zero-order chi connectivity index (χ0) is 14.8. The summed E-state index contributed by atoms with van der Waals surface area (Å²) in [6.45, 7) is 4.15. The minimum Gasteiger partial charge on any atom is -0.465 e. The number of fused-ring (bicyclic) bond motifs is 1. The first kappa shape index (κ1) is 13.9. The predicted octanol–water partition coefficient (Wildman–Crippen LogP) is 1.76. The number of nitrogens with one attached hydrogen (secondary N) is 3. The van der Waals surface area contributed by atoms with Crippen LogP contribution in [0.4, 0.5) is 5.69 Å². The van der Waals surface area contributed by atoms with E-state index in [1.165, 1.54) is 7.11 Å². The van der Waals surface area contributed by atoms with Crippen LogP contribution >= 0.6 is 0 Å². The van der Waals surface area contributed by atoms with E-state index in [9.17, 15) is 4.79 Å². The minimum absolute atomic E-state index is 0.280. The van der Waals surface area contributed by atoms with Crippen LogP contribution in [-0.2, 0) is 4.74 Å². The molecule has 3 N–H and O–H groups in total. The fourth-order valence-electron chi connectivity index (χ4n) is 2.80. The summed E-state index contributed by atoms with van der Waals surface area (Å²) in [5.41, 5.74) is 2.04. The van der Waals surface area contributed by atoms with Crippen LogP contribution in [-0.4, -0.2) is 42.2 Å². The number of carbonyl (C=O) groups is 1. The lowest BCUT2D eigenvalue weighted by Gasteiger charge is -2.31. The second-order valence-electron chi connectivity index (χ2n) is 5.50. The molecule has 0 aromatic carbocycles. The SMILES string of the molecule is COC(=O)c1cnc2[nH]ccc2c1N[C@H]1CNCC[C@H]1C. The Labute approximate surface area is 123 Å². The molecule has 1 aliphatic rings. The van der Waals surface area contributed by atoms with Crippen molar-refractivity contribution < 1.29 is 9.53 Å². The minimum atomic E-state index is -0.371. The number of nitrogens with zero attached hydrogens (tertiary/aromatic N) is 1. The largest absolute Gasteiger partial charge is 0.465 e. The Balaban J connectivity index is 2.01. The van der Waals surface area contributed by atoms with Crippen molar-refractivity contribution in [3.63, 3.8) is 0 Å². The van der Waals surface area contributed by atoms with Gasteiger partial charge in [-0.25, -0.2) is 9.78 Å². The molecule has 0 bridgehead atoms. The van der Waals surface area contributed by atoms with Gasteiger partial charge in [-0.2, -0.15) is 0 Å². The summed E-state index contributed by atoms with van der Waals surface area (Å²) in [6, 6.07) is 2.21. The molecule has 2 aromatic heterocycles. The molecular formula is C15H20N4O2. The highest BCUT2D eigenvalue weighted by Gasteiger charge is 2.24. The third-order valence-electron chi connectivity index (χ3n) is 4.15. The molecule has 6 heteroatoms. The third kappa shape index (κ3) is 2.58. The van der Waals surface area contributed by atoms with Gasteiger partial charge in [0.1, 0.15) is 11.2 Å². The van der Waals surface area contributed by atoms with E-state index in [-0.39, 0.29) is 12.0 Å². The highest BCUT2D eigenvalue weighted by Crippen LogP contribution is 2.28. The number of aromatic nitrogens is 2. The van der Waals surface area contributed by atoms with Gasteiger partial charge in [0.05, 0.1) is 12.8 Å². The van der Waals surface area contributed by atoms with E-state index < -0.39 is 0 Å². The van der Waals surface area contributed by atoms with E-state index in [2.05, 4.69) is 27.5 Å². The standard InChI is InChI=1S/C15H20N4O2/c1-9-3-5-16-8-12(9)19-13-10-4-6-17-14(10)18-7-11(13)15(20)21-2/h4,6-7,9,12,16H,3,5,8H2,1-2H3,(H2,17,18,19)/t9-,12+/m1/s1. The Bertz CT molecular complexity index is 652. The molecule has 6 nitrogen and oxygen atoms in total. The van der Waals surface area contributed by atoms with Crippen molar-refractivity contribution in [2.24, 2.45) is 5.92 Å². The first-order valence-corrected chi connectivity index (χ1v) is 7.22. The molecule has 0 amide bonds. The van der Waals surface area contributed by atoms with Crippen LogP contribution < -0.4 is 10.6 Å². The summed E-state index contributed by atoms with van der Waals surface area (Å²) in [6.07, 6.45) is 4.51. The molecule has 1 fully saturated rings. The van der Waals surface area contributed by atoms with Gasteiger partial charge in [0.25, 0.3) is 0 Å². The number of hydrogen-bond acceptors (Lipinski definition) is 5. The van der Waals surface area contributed by atoms with Crippen molar-refractivity contribution in [1.29, 1.82) is 0 Å². The number of aromatic amines is 1. The predicted molar refractivity (Wildman–Crippen MR) is 81.5 cm³/mol. The summed E-state index contributed by atoms with van der Waals surface area (Å²) in [5, 5.41) is 7.82. The van der Waals surface area contributed by atoms with E-state index in [0.29, 0.717) is 11.5 Å². The maximum Gasteiger partial charge on any atom is 0.341 e. The van der Waals surface area contributed by atoms with Gasteiger partial charge >= 0.3 is 5.97 Å². The molecule has 112 valence electrons. The Morgan fingerprint density at radius 1 is 1.52 bits per heavy atom. The molecule has 1 aliphatic heterocycles. The lowest BCUT2D eigenvalue weighted by Crippen LogP contribution is -2.44. The highest BCUT2D eigenvalue weighted by molar-refractivity contribution is 6.04. The van der Waals surface area contributed by atoms with E-state index in [0.717, 1.165) is 36.2 Å². The molecular weight excluding hydrogens is 268 g/mol. The van der Waals surface area contributed by atoms with E-state index in [4.69, 9.17) is 4.74 Å². The number of pyridine rings is 1. The molecule has 0 radical (unpaired) electrons. The number of ether oxygens (including phenoxy) is 1. The Hall–Kier alpha value is -2.08. The lowest BCUT2D eigenvalue weighted by atomic mass is 9.94. The average Bonchev–Trinajstić information content (AvgIpc) is 2.98. The van der Waals surface area contributed by atoms with Crippen molar-refractivity contribution in [3.8, 4) is 0 Å². The summed E-state index contributed by atoms with van der Waals surface area (Å²) in [5.74, 6) is 0.170. The van der Waals surface area contributed by atoms with Gasteiger partial charge in [0.15, 0.2) is 0 Å². The van der Waals surface area contributed by atoms with Crippen LogP contribution in [0.5, 0.6) is 0 Å². The second kappa shape index (κ2) is 5.73. The smallest absolute Gasteiger partial charge is 0.341 e. The van der Waals surface area contributed by atoms with Crippen molar-refractivity contribution >= 4 is 22.7 Å². The molecule has 3 rings (SSSR count). The molecule has 2 atom stereocenters. The van der Waals surface area contributed by atoms with Crippen molar-refractivity contribution in [2.45, 2.75) is 19.4 Å². The van der Waals surface area contributed by atoms with Crippen LogP contribution in [0.3, 0.4) is 0 Å². The summed E-state index contributed by atoms with van der Waals surface area (Å²) >= 11 is 0. The van der Waals surface area contributed by atoms with Crippen molar-refractivity contribution in [1.82, 2.24) is 15.3 Å². The molecule has 2 aromatic rings. The van der Waals surface area contributed by atoms with E-state index in [1.54, 1.807) is 6.20 Å². The Morgan fingerprint density at radius 3 is 3.14 bits per heavy atom. The number of piperidine rings is 1. The maximum atomic E-state index is 12.0. The van der Waals surface area contributed by atoms with Gasteiger partial charge in [-0.15, -0.1) is 0 Å². The number of methoxy groups -OCH3 is 1. The van der Waals surface area contributed by atoms with Crippen molar-refractivity contribution in [3.05, 3.63) is 24.0 Å². The van der Waals surface area contributed by atoms with Gasteiger partial charge < -0.3 is 20.4 Å². The first-order valence-electron chi connectivity index (χ1n) is 7.22. The molecule has 0 spiro atoms. The monoisotopic (exact) mass is 288 g/mol. The van der Waals surface area contributed by atoms with Gasteiger partial charge in [0, 0.05) is 30.4 Å². The van der Waals surface area contributed by atoms with Gasteiger partial charge in [-0.05, 0) is 24.9 Å². The fourth-order valence-corrected chi connectivity index (χ4v) is 2.80. The zero-order valence-corrected chi connectivity index (χ0v) is 12.3. The number of hydrogen-bond donors (Lipinski definition) is 3. The fraction of sp³-hybridized carbons (Fsp3) is 0.467. The second-order valence-corrected chi connectivity index (χ2v) is 5.50. The zero-order valence-electron chi connectivity index (χ0n) is 12.3. The number of anilines is 1. The van der Waals surface area contributed by atoms with Gasteiger partial charge in [0.2, 0.25) is 0 Å². The van der Waals surface area contributed by atoms with Crippen LogP contribution in [0.1, 0.15) is 23.7 Å². The Kier molecular flexibility index (Phi) is 3.79.